The third-order valence-electron chi connectivity index (χ3n) is 3.52. The summed E-state index contributed by atoms with van der Waals surface area (Å²) < 4.78 is 10.3. The van der Waals surface area contributed by atoms with E-state index in [9.17, 15) is 9.59 Å². The molecule has 1 amide bonds. The minimum Gasteiger partial charge on any atom is -0.464 e. The number of carbonyl (C=O) groups excluding carboxylic acids is 2. The Hall–Kier alpha value is -2.35. The van der Waals surface area contributed by atoms with Gasteiger partial charge in [0.25, 0.3) is 0 Å². The van der Waals surface area contributed by atoms with Crippen LogP contribution in [0.3, 0.4) is 0 Å². The third-order valence-corrected chi connectivity index (χ3v) is 3.74. The first-order valence-electron chi connectivity index (χ1n) is 9.41. The van der Waals surface area contributed by atoms with Gasteiger partial charge in [-0.1, -0.05) is 30.3 Å². The first kappa shape index (κ1) is 23.7. The van der Waals surface area contributed by atoms with Gasteiger partial charge in [-0.15, -0.1) is 0 Å². The van der Waals surface area contributed by atoms with Crippen LogP contribution in [0.2, 0.25) is 0 Å². The fraction of sp³-hybridized carbons (Fsp3) is 0.550. The van der Waals surface area contributed by atoms with Gasteiger partial charge in [0.15, 0.2) is 5.11 Å². The Bertz CT molecular complexity index is 632. The number of rotatable bonds is 9. The largest absolute Gasteiger partial charge is 0.464 e. The number of ether oxygens (including phenoxy) is 2. The van der Waals surface area contributed by atoms with Gasteiger partial charge in [0.05, 0.1) is 6.61 Å². The predicted octanol–water partition coefficient (Wildman–Crippen LogP) is 2.89. The Balaban J connectivity index is 2.37. The minimum absolute atomic E-state index is 0.215. The van der Waals surface area contributed by atoms with Gasteiger partial charge in [-0.05, 0) is 58.3 Å². The molecule has 0 bridgehead atoms. The number of hydrogen-bond acceptors (Lipinski definition) is 5. The van der Waals surface area contributed by atoms with E-state index in [1.54, 1.807) is 6.92 Å². The van der Waals surface area contributed by atoms with Crippen molar-refractivity contribution >= 4 is 29.4 Å². The maximum atomic E-state index is 12.1. The summed E-state index contributed by atoms with van der Waals surface area (Å²) in [6.45, 7) is 8.57. The van der Waals surface area contributed by atoms with Crippen molar-refractivity contribution < 1.29 is 19.1 Å². The number of hydrogen-bond donors (Lipinski definition) is 3. The summed E-state index contributed by atoms with van der Waals surface area (Å²) >= 11 is 5.26. The van der Waals surface area contributed by atoms with Gasteiger partial charge in [-0.3, -0.25) is 0 Å². The van der Waals surface area contributed by atoms with Gasteiger partial charge in [0, 0.05) is 12.1 Å². The summed E-state index contributed by atoms with van der Waals surface area (Å²) in [6, 6.07) is 8.87. The molecule has 0 aromatic heterocycles. The smallest absolute Gasteiger partial charge is 0.407 e. The number of alkyl carbamates (subject to hydrolysis) is 1. The fourth-order valence-electron chi connectivity index (χ4n) is 2.30. The van der Waals surface area contributed by atoms with Crippen molar-refractivity contribution in [3.63, 3.8) is 0 Å². The number of esters is 1. The molecule has 1 atom stereocenters. The molecule has 0 saturated heterocycles. The number of thiocarbonyl (C=S) groups is 1. The lowest BCUT2D eigenvalue weighted by atomic mass is 10.1. The number of nitrogens with one attached hydrogen (secondary N) is 3. The molecule has 0 unspecified atom stereocenters. The molecule has 1 aromatic rings. The van der Waals surface area contributed by atoms with E-state index in [0.29, 0.717) is 31.1 Å². The second-order valence-electron chi connectivity index (χ2n) is 7.28. The molecular formula is C20H31N3O4S. The topological polar surface area (TPSA) is 88.7 Å². The van der Waals surface area contributed by atoms with Crippen LogP contribution in [0.15, 0.2) is 30.3 Å². The molecule has 156 valence electrons. The molecule has 0 saturated carbocycles. The lowest BCUT2D eigenvalue weighted by Crippen LogP contribution is -2.51. The minimum atomic E-state index is -0.579. The quantitative estimate of drug-likeness (QED) is 0.328. The van der Waals surface area contributed by atoms with Crippen LogP contribution in [0.5, 0.6) is 0 Å². The Morgan fingerprint density at radius 2 is 1.82 bits per heavy atom. The van der Waals surface area contributed by atoms with Crippen LogP contribution in [-0.2, 0) is 20.9 Å². The van der Waals surface area contributed by atoms with Crippen LogP contribution in [0, 0.1) is 0 Å². The van der Waals surface area contributed by atoms with Gasteiger partial charge in [-0.2, -0.15) is 0 Å². The van der Waals surface area contributed by atoms with Gasteiger partial charge in [-0.25, -0.2) is 9.59 Å². The van der Waals surface area contributed by atoms with E-state index in [1.807, 2.05) is 51.1 Å². The molecule has 0 heterocycles. The Morgan fingerprint density at radius 3 is 2.43 bits per heavy atom. The molecule has 0 fully saturated rings. The first-order valence-corrected chi connectivity index (χ1v) is 9.82. The van der Waals surface area contributed by atoms with Gasteiger partial charge >= 0.3 is 12.1 Å². The maximum absolute atomic E-state index is 12.1. The van der Waals surface area contributed by atoms with Crippen molar-refractivity contribution in [1.29, 1.82) is 0 Å². The zero-order valence-corrected chi connectivity index (χ0v) is 17.9. The predicted molar refractivity (Wildman–Crippen MR) is 113 cm³/mol. The molecule has 0 aliphatic rings. The van der Waals surface area contributed by atoms with Crippen molar-refractivity contribution in [2.24, 2.45) is 0 Å². The molecule has 8 heteroatoms. The SMILES string of the molecule is CCOC(=O)[C@@H](CCCNC(=O)OCc1ccccc1)NC(=S)NC(C)(C)C. The van der Waals surface area contributed by atoms with Crippen molar-refractivity contribution in [2.75, 3.05) is 13.2 Å². The van der Waals surface area contributed by atoms with Crippen LogP contribution < -0.4 is 16.0 Å². The van der Waals surface area contributed by atoms with E-state index in [0.717, 1.165) is 5.56 Å². The summed E-state index contributed by atoms with van der Waals surface area (Å²) in [7, 11) is 0. The summed E-state index contributed by atoms with van der Waals surface area (Å²) in [5.74, 6) is -0.368. The van der Waals surface area contributed by atoms with Crippen molar-refractivity contribution in [3.05, 3.63) is 35.9 Å². The molecule has 28 heavy (non-hydrogen) atoms. The van der Waals surface area contributed by atoms with E-state index >= 15 is 0 Å². The average Bonchev–Trinajstić information content (AvgIpc) is 2.62. The molecule has 7 nitrogen and oxygen atoms in total. The average molecular weight is 410 g/mol. The second kappa shape index (κ2) is 12.2. The Labute approximate surface area is 172 Å². The summed E-state index contributed by atoms with van der Waals surface area (Å²) in [5.41, 5.74) is 0.706. The van der Waals surface area contributed by atoms with E-state index in [1.165, 1.54) is 0 Å². The Kier molecular flexibility index (Phi) is 10.3. The van der Waals surface area contributed by atoms with Crippen LogP contribution in [0.1, 0.15) is 46.1 Å². The molecule has 0 aliphatic heterocycles. The molecule has 1 rings (SSSR count). The first-order chi connectivity index (χ1) is 13.2. The van der Waals surface area contributed by atoms with Crippen LogP contribution in [0.4, 0.5) is 4.79 Å². The highest BCUT2D eigenvalue weighted by molar-refractivity contribution is 7.80. The second-order valence-corrected chi connectivity index (χ2v) is 7.69. The zero-order valence-electron chi connectivity index (χ0n) is 17.0. The highest BCUT2D eigenvalue weighted by atomic mass is 32.1. The summed E-state index contributed by atoms with van der Waals surface area (Å²) in [6.07, 6.45) is 0.535. The van der Waals surface area contributed by atoms with Crippen molar-refractivity contribution in [3.8, 4) is 0 Å². The van der Waals surface area contributed by atoms with E-state index in [2.05, 4.69) is 16.0 Å². The van der Waals surface area contributed by atoms with Gasteiger partial charge < -0.3 is 25.4 Å². The summed E-state index contributed by atoms with van der Waals surface area (Å²) in [5, 5.41) is 9.18. The van der Waals surface area contributed by atoms with Gasteiger partial charge in [0.2, 0.25) is 0 Å². The van der Waals surface area contributed by atoms with Crippen molar-refractivity contribution in [2.45, 2.75) is 58.7 Å². The standard InChI is InChI=1S/C20H31N3O4S/c1-5-26-17(24)16(22-18(28)23-20(2,3)4)12-9-13-21-19(25)27-14-15-10-7-6-8-11-15/h6-8,10-11,16H,5,9,12-14H2,1-4H3,(H,21,25)(H2,22,23,28)/t16-/m1/s1. The maximum Gasteiger partial charge on any atom is 0.407 e. The third kappa shape index (κ3) is 10.7. The summed E-state index contributed by atoms with van der Waals surface area (Å²) in [4.78, 5) is 23.9. The number of amides is 1. The number of carbonyl (C=O) groups is 2. The van der Waals surface area contributed by atoms with E-state index in [-0.39, 0.29) is 18.1 Å². The molecule has 0 aliphatic carbocycles. The van der Waals surface area contributed by atoms with Crippen LogP contribution in [0.25, 0.3) is 0 Å². The fourth-order valence-corrected chi connectivity index (χ4v) is 2.75. The lowest BCUT2D eigenvalue weighted by Gasteiger charge is -2.26. The van der Waals surface area contributed by atoms with Crippen LogP contribution >= 0.6 is 12.2 Å². The molecule has 0 radical (unpaired) electrons. The highest BCUT2D eigenvalue weighted by Crippen LogP contribution is 2.04. The van der Waals surface area contributed by atoms with Crippen LogP contribution in [-0.4, -0.2) is 41.9 Å². The molecule has 1 aromatic carbocycles. The zero-order chi connectivity index (χ0) is 21.0. The van der Waals surface area contributed by atoms with Crippen molar-refractivity contribution in [1.82, 2.24) is 16.0 Å². The monoisotopic (exact) mass is 409 g/mol. The normalized spacial score (nSPS) is 11.9. The Morgan fingerprint density at radius 1 is 1.14 bits per heavy atom. The lowest BCUT2D eigenvalue weighted by molar-refractivity contribution is -0.145. The molecular weight excluding hydrogens is 378 g/mol. The van der Waals surface area contributed by atoms with E-state index < -0.39 is 12.1 Å². The van der Waals surface area contributed by atoms with Gasteiger partial charge in [0.1, 0.15) is 12.6 Å². The molecule has 0 spiro atoms. The highest BCUT2D eigenvalue weighted by Gasteiger charge is 2.22. The molecule has 3 N–H and O–H groups in total. The number of benzene rings is 1. The van der Waals surface area contributed by atoms with E-state index in [4.69, 9.17) is 21.7 Å².